The third kappa shape index (κ3) is 3.40. The van der Waals surface area contributed by atoms with Gasteiger partial charge in [0.05, 0.1) is 14.2 Å². The lowest BCUT2D eigenvalue weighted by molar-refractivity contribution is 0.275. The van der Waals surface area contributed by atoms with Crippen LogP contribution in [-0.4, -0.2) is 32.0 Å². The monoisotopic (exact) mass is 225 g/mol. The van der Waals surface area contributed by atoms with E-state index in [4.69, 9.17) is 20.3 Å². The van der Waals surface area contributed by atoms with E-state index in [0.29, 0.717) is 17.9 Å². The number of aliphatic hydroxyl groups is 1. The Balaban J connectivity index is 2.74. The molecular formula is C12H19NO3. The van der Waals surface area contributed by atoms with Gasteiger partial charge < -0.3 is 20.3 Å². The Morgan fingerprint density at radius 3 is 2.50 bits per heavy atom. The van der Waals surface area contributed by atoms with Crippen molar-refractivity contribution in [3.8, 4) is 11.5 Å². The molecule has 1 atom stereocenters. The second-order valence-corrected chi connectivity index (χ2v) is 3.67. The summed E-state index contributed by atoms with van der Waals surface area (Å²) in [7, 11) is 3.21. The molecule has 0 aliphatic heterocycles. The van der Waals surface area contributed by atoms with Crippen LogP contribution in [0.4, 0.5) is 0 Å². The molecule has 1 rings (SSSR count). The van der Waals surface area contributed by atoms with Crippen LogP contribution in [0.1, 0.15) is 12.0 Å². The fraction of sp³-hybridized carbons (Fsp3) is 0.500. The van der Waals surface area contributed by atoms with E-state index < -0.39 is 0 Å². The van der Waals surface area contributed by atoms with Crippen molar-refractivity contribution in [3.63, 3.8) is 0 Å². The second-order valence-electron chi connectivity index (χ2n) is 3.67. The summed E-state index contributed by atoms with van der Waals surface area (Å²) in [5, 5.41) is 8.77. The number of hydrogen-bond acceptors (Lipinski definition) is 4. The molecule has 4 nitrogen and oxygen atoms in total. The van der Waals surface area contributed by atoms with Gasteiger partial charge in [0.1, 0.15) is 0 Å². The van der Waals surface area contributed by atoms with E-state index in [1.807, 2.05) is 18.2 Å². The van der Waals surface area contributed by atoms with Gasteiger partial charge in [-0.15, -0.1) is 0 Å². The van der Waals surface area contributed by atoms with Crippen LogP contribution < -0.4 is 15.2 Å². The molecule has 3 N–H and O–H groups in total. The van der Waals surface area contributed by atoms with Gasteiger partial charge in [0.25, 0.3) is 0 Å². The Bertz CT molecular complexity index is 328. The van der Waals surface area contributed by atoms with Gasteiger partial charge in [-0.25, -0.2) is 0 Å². The maximum absolute atomic E-state index is 8.77. The third-order valence-electron chi connectivity index (χ3n) is 2.45. The summed E-state index contributed by atoms with van der Waals surface area (Å²) in [4.78, 5) is 0. The van der Waals surface area contributed by atoms with Crippen LogP contribution in [0.15, 0.2) is 18.2 Å². The molecule has 0 aliphatic carbocycles. The van der Waals surface area contributed by atoms with Gasteiger partial charge in [0.2, 0.25) is 0 Å². The molecule has 0 saturated carbocycles. The minimum Gasteiger partial charge on any atom is -0.493 e. The quantitative estimate of drug-likeness (QED) is 0.756. The Hall–Kier alpha value is -1.26. The van der Waals surface area contributed by atoms with Gasteiger partial charge in [-0.3, -0.25) is 0 Å². The zero-order chi connectivity index (χ0) is 12.0. The molecule has 1 aromatic carbocycles. The Labute approximate surface area is 96.0 Å². The number of methoxy groups -OCH3 is 2. The lowest BCUT2D eigenvalue weighted by Crippen LogP contribution is -2.23. The fourth-order valence-electron chi connectivity index (χ4n) is 1.58. The predicted molar refractivity (Wildman–Crippen MR) is 62.9 cm³/mol. The maximum Gasteiger partial charge on any atom is 0.160 e. The minimum atomic E-state index is -0.0249. The molecule has 16 heavy (non-hydrogen) atoms. The summed E-state index contributed by atoms with van der Waals surface area (Å²) in [6.45, 7) is 0.120. The Kier molecular flexibility index (Phi) is 5.08. The first-order valence-electron chi connectivity index (χ1n) is 5.28. The lowest BCUT2D eigenvalue weighted by atomic mass is 10.0. The number of benzene rings is 1. The molecule has 0 heterocycles. The Morgan fingerprint density at radius 1 is 1.25 bits per heavy atom. The maximum atomic E-state index is 8.77. The lowest BCUT2D eigenvalue weighted by Gasteiger charge is -2.12. The van der Waals surface area contributed by atoms with Gasteiger partial charge in [-0.1, -0.05) is 6.07 Å². The van der Waals surface area contributed by atoms with Crippen molar-refractivity contribution in [1.82, 2.24) is 0 Å². The molecule has 0 aliphatic rings. The van der Waals surface area contributed by atoms with Crippen LogP contribution >= 0.6 is 0 Å². The van der Waals surface area contributed by atoms with E-state index in [9.17, 15) is 0 Å². The minimum absolute atomic E-state index is 0.0249. The van der Waals surface area contributed by atoms with Gasteiger partial charge >= 0.3 is 0 Å². The standard InChI is InChI=1S/C12H19NO3/c1-15-11-4-3-9(8-12(11)16-2)7-10(13)5-6-14/h3-4,8,10,14H,5-7,13H2,1-2H3. The summed E-state index contributed by atoms with van der Waals surface area (Å²) in [5.41, 5.74) is 6.93. The topological polar surface area (TPSA) is 64.7 Å². The summed E-state index contributed by atoms with van der Waals surface area (Å²) in [6, 6.07) is 5.71. The van der Waals surface area contributed by atoms with Gasteiger partial charge in [0, 0.05) is 12.6 Å². The van der Waals surface area contributed by atoms with Gasteiger partial charge in [0.15, 0.2) is 11.5 Å². The van der Waals surface area contributed by atoms with Gasteiger partial charge in [-0.2, -0.15) is 0 Å². The average molecular weight is 225 g/mol. The first kappa shape index (κ1) is 12.8. The Morgan fingerprint density at radius 2 is 1.94 bits per heavy atom. The van der Waals surface area contributed by atoms with E-state index in [1.165, 1.54) is 0 Å². The molecule has 0 aromatic heterocycles. The molecule has 0 radical (unpaired) electrons. The highest BCUT2D eigenvalue weighted by atomic mass is 16.5. The van der Waals surface area contributed by atoms with E-state index in [0.717, 1.165) is 12.0 Å². The summed E-state index contributed by atoms with van der Waals surface area (Å²) >= 11 is 0. The van der Waals surface area contributed by atoms with Crippen LogP contribution in [-0.2, 0) is 6.42 Å². The molecule has 1 unspecified atom stereocenters. The van der Waals surface area contributed by atoms with Crippen LogP contribution in [0.5, 0.6) is 11.5 Å². The number of nitrogens with two attached hydrogens (primary N) is 1. The average Bonchev–Trinajstić information content (AvgIpc) is 2.29. The number of hydrogen-bond donors (Lipinski definition) is 2. The van der Waals surface area contributed by atoms with Crippen LogP contribution in [0, 0.1) is 0 Å². The predicted octanol–water partition coefficient (Wildman–Crippen LogP) is 0.956. The molecule has 0 fully saturated rings. The molecule has 4 heteroatoms. The third-order valence-corrected chi connectivity index (χ3v) is 2.45. The summed E-state index contributed by atoms with van der Waals surface area (Å²) in [6.07, 6.45) is 1.33. The number of rotatable bonds is 6. The normalized spacial score (nSPS) is 12.2. The molecule has 0 spiro atoms. The van der Waals surface area contributed by atoms with Crippen molar-refractivity contribution >= 4 is 0 Å². The first-order valence-corrected chi connectivity index (χ1v) is 5.28. The highest BCUT2D eigenvalue weighted by molar-refractivity contribution is 5.43. The SMILES string of the molecule is COc1ccc(CC(N)CCO)cc1OC. The number of aliphatic hydroxyl groups excluding tert-OH is 1. The van der Waals surface area contributed by atoms with Crippen LogP contribution in [0.25, 0.3) is 0 Å². The van der Waals surface area contributed by atoms with Crippen molar-refractivity contribution in [1.29, 1.82) is 0 Å². The van der Waals surface area contributed by atoms with E-state index in [-0.39, 0.29) is 12.6 Å². The second kappa shape index (κ2) is 6.35. The summed E-state index contributed by atoms with van der Waals surface area (Å²) < 4.78 is 10.4. The zero-order valence-corrected chi connectivity index (χ0v) is 9.77. The summed E-state index contributed by atoms with van der Waals surface area (Å²) in [5.74, 6) is 1.41. The molecule has 0 bridgehead atoms. The smallest absolute Gasteiger partial charge is 0.160 e. The van der Waals surface area contributed by atoms with E-state index in [2.05, 4.69) is 0 Å². The van der Waals surface area contributed by atoms with Crippen molar-refractivity contribution in [2.75, 3.05) is 20.8 Å². The van der Waals surface area contributed by atoms with Crippen LogP contribution in [0.2, 0.25) is 0 Å². The largest absolute Gasteiger partial charge is 0.493 e. The van der Waals surface area contributed by atoms with Crippen molar-refractivity contribution in [2.45, 2.75) is 18.9 Å². The van der Waals surface area contributed by atoms with Crippen molar-refractivity contribution in [3.05, 3.63) is 23.8 Å². The van der Waals surface area contributed by atoms with Crippen molar-refractivity contribution < 1.29 is 14.6 Å². The molecule has 1 aromatic rings. The highest BCUT2D eigenvalue weighted by Crippen LogP contribution is 2.27. The number of ether oxygens (including phenoxy) is 2. The molecule has 0 saturated heterocycles. The van der Waals surface area contributed by atoms with E-state index >= 15 is 0 Å². The van der Waals surface area contributed by atoms with Crippen LogP contribution in [0.3, 0.4) is 0 Å². The van der Waals surface area contributed by atoms with E-state index in [1.54, 1.807) is 14.2 Å². The van der Waals surface area contributed by atoms with Gasteiger partial charge in [-0.05, 0) is 30.5 Å². The zero-order valence-electron chi connectivity index (χ0n) is 9.77. The first-order chi connectivity index (χ1) is 7.71. The highest BCUT2D eigenvalue weighted by Gasteiger charge is 2.07. The molecule has 0 amide bonds. The van der Waals surface area contributed by atoms with Crippen molar-refractivity contribution in [2.24, 2.45) is 5.73 Å². The molecule has 90 valence electrons. The fourth-order valence-corrected chi connectivity index (χ4v) is 1.58. The molecular weight excluding hydrogens is 206 g/mol.